The fourth-order valence-corrected chi connectivity index (χ4v) is 0.575. The van der Waals surface area contributed by atoms with Gasteiger partial charge in [0.1, 0.15) is 0 Å². The van der Waals surface area contributed by atoms with Gasteiger partial charge in [-0.1, -0.05) is 48.7 Å². The number of hydrogen-bond donors (Lipinski definition) is 1. The van der Waals surface area contributed by atoms with E-state index in [0.29, 0.717) is 0 Å². The summed E-state index contributed by atoms with van der Waals surface area (Å²) in [6.45, 7) is 6.17. The average Bonchev–Trinajstić information content (AvgIpc) is 1.82. The molecule has 12 heavy (non-hydrogen) atoms. The molecule has 1 nitrogen and oxygen atoms in total. The van der Waals surface area contributed by atoms with Crippen LogP contribution in [0.3, 0.4) is 0 Å². The summed E-state index contributed by atoms with van der Waals surface area (Å²) < 4.78 is -0.750. The molecule has 0 heterocycles. The SMILES string of the molecule is CC(C)CCC(C)O.ClC(Cl)Cl. The first-order valence-corrected chi connectivity index (χ1v) is 5.27. The first kappa shape index (κ1) is 15.3. The number of aliphatic hydroxyl groups excluding tert-OH is 1. The molecule has 1 atom stereocenters. The molecule has 0 aromatic rings. The minimum Gasteiger partial charge on any atom is -0.393 e. The molecule has 0 saturated heterocycles. The van der Waals surface area contributed by atoms with Gasteiger partial charge < -0.3 is 5.11 Å². The Kier molecular flexibility index (Phi) is 12.6. The van der Waals surface area contributed by atoms with Crippen molar-refractivity contribution in [2.45, 2.75) is 44.0 Å². The van der Waals surface area contributed by atoms with E-state index in [0.717, 1.165) is 18.8 Å². The monoisotopic (exact) mass is 234 g/mol. The molecule has 0 bridgehead atoms. The number of alkyl halides is 3. The Hall–Kier alpha value is 0.830. The third-order valence-corrected chi connectivity index (χ3v) is 1.16. The first-order valence-electron chi connectivity index (χ1n) is 3.96. The van der Waals surface area contributed by atoms with E-state index in [9.17, 15) is 0 Å². The van der Waals surface area contributed by atoms with Crippen LogP contribution < -0.4 is 0 Å². The highest BCUT2D eigenvalue weighted by Gasteiger charge is 1.97. The molecular weight excluding hydrogens is 218 g/mol. The Bertz CT molecular complexity index is 73.6. The van der Waals surface area contributed by atoms with Crippen molar-refractivity contribution in [1.82, 2.24) is 0 Å². The second kappa shape index (κ2) is 9.91. The van der Waals surface area contributed by atoms with Crippen LogP contribution in [0.2, 0.25) is 0 Å². The second-order valence-electron chi connectivity index (χ2n) is 3.07. The fourth-order valence-electron chi connectivity index (χ4n) is 0.575. The van der Waals surface area contributed by atoms with Crippen molar-refractivity contribution in [2.75, 3.05) is 0 Å². The van der Waals surface area contributed by atoms with Crippen molar-refractivity contribution in [2.24, 2.45) is 5.92 Å². The molecule has 0 radical (unpaired) electrons. The van der Waals surface area contributed by atoms with E-state index >= 15 is 0 Å². The lowest BCUT2D eigenvalue weighted by atomic mass is 10.1. The highest BCUT2D eigenvalue weighted by atomic mass is 35.6. The van der Waals surface area contributed by atoms with Gasteiger partial charge in [0.15, 0.2) is 4.30 Å². The van der Waals surface area contributed by atoms with Crippen molar-refractivity contribution < 1.29 is 5.11 Å². The smallest absolute Gasteiger partial charge is 0.180 e. The Morgan fingerprint density at radius 2 is 1.33 bits per heavy atom. The summed E-state index contributed by atoms with van der Waals surface area (Å²) in [5.41, 5.74) is 0. The van der Waals surface area contributed by atoms with E-state index in [1.54, 1.807) is 0 Å². The van der Waals surface area contributed by atoms with E-state index in [1.807, 2.05) is 6.92 Å². The van der Waals surface area contributed by atoms with Crippen molar-refractivity contribution in [3.8, 4) is 0 Å². The summed E-state index contributed by atoms with van der Waals surface area (Å²) in [5, 5.41) is 8.80. The van der Waals surface area contributed by atoms with Crippen LogP contribution in [0.15, 0.2) is 0 Å². The molecule has 0 fully saturated rings. The van der Waals surface area contributed by atoms with Crippen LogP contribution in [0.4, 0.5) is 0 Å². The van der Waals surface area contributed by atoms with Crippen molar-refractivity contribution >= 4 is 34.8 Å². The van der Waals surface area contributed by atoms with E-state index in [1.165, 1.54) is 0 Å². The van der Waals surface area contributed by atoms with Gasteiger partial charge in [-0.15, -0.1) is 0 Å². The molecule has 4 heteroatoms. The normalized spacial score (nSPS) is 12.8. The molecule has 76 valence electrons. The number of aliphatic hydroxyl groups is 1. The molecule has 0 aromatic carbocycles. The van der Waals surface area contributed by atoms with Crippen molar-refractivity contribution in [3.05, 3.63) is 0 Å². The van der Waals surface area contributed by atoms with Crippen molar-refractivity contribution in [1.29, 1.82) is 0 Å². The van der Waals surface area contributed by atoms with Gasteiger partial charge in [-0.2, -0.15) is 0 Å². The largest absolute Gasteiger partial charge is 0.393 e. The summed E-state index contributed by atoms with van der Waals surface area (Å²) >= 11 is 14.4. The summed E-state index contributed by atoms with van der Waals surface area (Å²) in [6, 6.07) is 0. The average molecular weight is 236 g/mol. The van der Waals surface area contributed by atoms with E-state index < -0.39 is 4.30 Å². The lowest BCUT2D eigenvalue weighted by molar-refractivity contribution is 0.176. The fraction of sp³-hybridized carbons (Fsp3) is 1.00. The van der Waals surface area contributed by atoms with Gasteiger partial charge in [0.25, 0.3) is 0 Å². The number of hydrogen-bond acceptors (Lipinski definition) is 1. The van der Waals surface area contributed by atoms with Crippen LogP contribution in [0.5, 0.6) is 0 Å². The molecular formula is C8H17Cl3O. The van der Waals surface area contributed by atoms with Crippen LogP contribution in [0.25, 0.3) is 0 Å². The molecule has 0 rings (SSSR count). The van der Waals surface area contributed by atoms with Crippen LogP contribution >= 0.6 is 34.8 Å². The summed E-state index contributed by atoms with van der Waals surface area (Å²) in [6.07, 6.45) is 1.97. The number of rotatable bonds is 3. The topological polar surface area (TPSA) is 20.2 Å². The molecule has 0 aliphatic heterocycles. The van der Waals surface area contributed by atoms with Gasteiger partial charge in [-0.25, -0.2) is 0 Å². The Morgan fingerprint density at radius 1 is 1.00 bits per heavy atom. The van der Waals surface area contributed by atoms with E-state index in [2.05, 4.69) is 13.8 Å². The minimum atomic E-state index is -0.750. The molecule has 0 aromatic heterocycles. The van der Waals surface area contributed by atoms with Crippen LogP contribution in [0, 0.1) is 5.92 Å². The predicted octanol–water partition coefficient (Wildman–Crippen LogP) is 3.79. The molecule has 0 saturated carbocycles. The molecule has 0 spiro atoms. The molecule has 0 aliphatic rings. The lowest BCUT2D eigenvalue weighted by Gasteiger charge is -2.04. The van der Waals surface area contributed by atoms with E-state index in [4.69, 9.17) is 39.9 Å². The zero-order valence-electron chi connectivity index (χ0n) is 7.73. The molecule has 0 amide bonds. The van der Waals surface area contributed by atoms with Gasteiger partial charge in [0.05, 0.1) is 6.10 Å². The second-order valence-corrected chi connectivity index (χ2v) is 5.05. The maximum absolute atomic E-state index is 8.80. The highest BCUT2D eigenvalue weighted by Crippen LogP contribution is 2.05. The van der Waals surface area contributed by atoms with Crippen LogP contribution in [-0.2, 0) is 0 Å². The highest BCUT2D eigenvalue weighted by molar-refractivity contribution is 6.63. The quantitative estimate of drug-likeness (QED) is 0.738. The van der Waals surface area contributed by atoms with Gasteiger partial charge in [0, 0.05) is 0 Å². The molecule has 1 N–H and O–H groups in total. The maximum Gasteiger partial charge on any atom is 0.180 e. The zero-order valence-corrected chi connectivity index (χ0v) is 10.00. The third-order valence-electron chi connectivity index (χ3n) is 1.16. The summed E-state index contributed by atoms with van der Waals surface area (Å²) in [7, 11) is 0. The summed E-state index contributed by atoms with van der Waals surface area (Å²) in [4.78, 5) is 0. The maximum atomic E-state index is 8.80. The van der Waals surface area contributed by atoms with Gasteiger partial charge in [-0.05, 0) is 25.7 Å². The van der Waals surface area contributed by atoms with Gasteiger partial charge in [-0.3, -0.25) is 0 Å². The Morgan fingerprint density at radius 3 is 1.42 bits per heavy atom. The minimum absolute atomic E-state index is 0.114. The van der Waals surface area contributed by atoms with E-state index in [-0.39, 0.29) is 6.10 Å². The standard InChI is InChI=1S/C7H16O.CHCl3/c1-6(2)4-5-7(3)8;2-1(3)4/h6-8H,4-5H2,1-3H3;1H. The van der Waals surface area contributed by atoms with Gasteiger partial charge in [0.2, 0.25) is 0 Å². The number of halogens is 3. The first-order chi connectivity index (χ1) is 5.36. The predicted molar refractivity (Wildman–Crippen MR) is 57.1 cm³/mol. The lowest BCUT2D eigenvalue weighted by Crippen LogP contribution is -2.00. The van der Waals surface area contributed by atoms with Gasteiger partial charge >= 0.3 is 0 Å². The van der Waals surface area contributed by atoms with Crippen molar-refractivity contribution in [3.63, 3.8) is 0 Å². The molecule has 1 unspecified atom stereocenters. The third kappa shape index (κ3) is 30.8. The van der Waals surface area contributed by atoms with Crippen LogP contribution in [-0.4, -0.2) is 15.5 Å². The Balaban J connectivity index is 0. The summed E-state index contributed by atoms with van der Waals surface area (Å²) in [5.74, 6) is 0.726. The molecule has 0 aliphatic carbocycles. The van der Waals surface area contributed by atoms with Crippen LogP contribution in [0.1, 0.15) is 33.6 Å². The Labute approximate surface area is 90.0 Å². The zero-order chi connectivity index (χ0) is 10.1.